The van der Waals surface area contributed by atoms with Crippen LogP contribution in [0.4, 0.5) is 0 Å². The first-order valence-corrected chi connectivity index (χ1v) is 40.6. The zero-order chi connectivity index (χ0) is 67.5. The molecule has 0 fully saturated rings. The standard InChI is InChI=1S/C73H138O17P2/c1-5-9-13-17-20-23-26-29-32-35-37-40-43-46-50-54-58-71(76)84-64-69(90-73(78)60-56-52-48-45-42-39-36-33-30-27-24-21-18-14-10-6-2)66-88-92(81,82)86-62-67(74)61-85-91(79,80)87-65-68(63-83-70(75)57-53-49-16-12-8-4)89-72(77)59-55-51-47-44-41-38-34-31-28-25-22-19-15-11-7-3/h25,28,31,34,67-69,74H,5-24,26-27,29-30,32-33,35-66H2,1-4H3,(H,79,80)(H,81,82)/b28-25-,34-31-/t67-,68+,69+/m0/s1. The molecule has 3 N–H and O–H groups in total. The molecule has 0 rings (SSSR count). The lowest BCUT2D eigenvalue weighted by atomic mass is 10.0. The van der Waals surface area contributed by atoms with Gasteiger partial charge >= 0.3 is 39.5 Å². The number of unbranched alkanes of at least 4 members (excludes halogenated alkanes) is 43. The van der Waals surface area contributed by atoms with Gasteiger partial charge < -0.3 is 33.8 Å². The highest BCUT2D eigenvalue weighted by molar-refractivity contribution is 7.47. The largest absolute Gasteiger partial charge is 0.472 e. The van der Waals surface area contributed by atoms with Gasteiger partial charge in [-0.1, -0.05) is 309 Å². The van der Waals surface area contributed by atoms with Gasteiger partial charge in [0.1, 0.15) is 19.3 Å². The molecule has 0 spiro atoms. The first kappa shape index (κ1) is 89.5. The van der Waals surface area contributed by atoms with Crippen molar-refractivity contribution in [2.45, 2.75) is 380 Å². The summed E-state index contributed by atoms with van der Waals surface area (Å²) in [5.41, 5.74) is 0. The fourth-order valence-corrected chi connectivity index (χ4v) is 12.3. The number of hydrogen-bond donors (Lipinski definition) is 3. The second kappa shape index (κ2) is 67.1. The average Bonchev–Trinajstić information content (AvgIpc) is 3.68. The second-order valence-corrected chi connectivity index (χ2v) is 28.6. The van der Waals surface area contributed by atoms with Crippen molar-refractivity contribution in [3.8, 4) is 0 Å². The minimum absolute atomic E-state index is 0.0846. The predicted molar refractivity (Wildman–Crippen MR) is 372 cm³/mol. The predicted octanol–water partition coefficient (Wildman–Crippen LogP) is 21.0. The topological polar surface area (TPSA) is 237 Å². The molecule has 0 radical (unpaired) electrons. The lowest BCUT2D eigenvalue weighted by Crippen LogP contribution is -2.30. The van der Waals surface area contributed by atoms with Gasteiger partial charge in [0.2, 0.25) is 0 Å². The number of ether oxygens (including phenoxy) is 4. The summed E-state index contributed by atoms with van der Waals surface area (Å²) in [5, 5.41) is 10.6. The van der Waals surface area contributed by atoms with E-state index in [0.717, 1.165) is 109 Å². The van der Waals surface area contributed by atoms with E-state index < -0.39 is 97.5 Å². The molecule has 5 atom stereocenters. The Morgan fingerprint density at radius 1 is 0.304 bits per heavy atom. The number of allylic oxidation sites excluding steroid dienone is 4. The Bertz CT molecular complexity index is 1850. The molecule has 0 saturated heterocycles. The van der Waals surface area contributed by atoms with E-state index in [0.29, 0.717) is 25.7 Å². The Hall–Kier alpha value is -2.46. The van der Waals surface area contributed by atoms with Gasteiger partial charge in [0.05, 0.1) is 26.4 Å². The average molecular weight is 1350 g/mol. The maximum absolute atomic E-state index is 13.0. The van der Waals surface area contributed by atoms with Crippen molar-refractivity contribution in [2.24, 2.45) is 0 Å². The van der Waals surface area contributed by atoms with Gasteiger partial charge in [-0.3, -0.25) is 37.3 Å². The first-order valence-electron chi connectivity index (χ1n) is 37.6. The molecule has 0 aromatic carbocycles. The summed E-state index contributed by atoms with van der Waals surface area (Å²) in [4.78, 5) is 72.4. The molecule has 542 valence electrons. The van der Waals surface area contributed by atoms with Crippen LogP contribution in [-0.4, -0.2) is 96.7 Å². The normalized spacial score (nSPS) is 14.1. The highest BCUT2D eigenvalue weighted by Gasteiger charge is 2.30. The van der Waals surface area contributed by atoms with Gasteiger partial charge in [-0.15, -0.1) is 0 Å². The third-order valence-corrected chi connectivity index (χ3v) is 18.4. The SMILES string of the molecule is CCCCCC/C=C\C=C/CCCCCCCC(=O)O[C@H](COC(=O)CCCCCCC)COP(=O)(O)OC[C@H](O)COP(=O)(O)OC[C@@H](COC(=O)CCCCCCCCCCCCCCCCCC)OC(=O)CCCCCCCCCCCCCCCCCC. The van der Waals surface area contributed by atoms with Gasteiger partial charge in [0.25, 0.3) is 0 Å². The second-order valence-electron chi connectivity index (χ2n) is 25.6. The summed E-state index contributed by atoms with van der Waals surface area (Å²) in [7, 11) is -9.91. The smallest absolute Gasteiger partial charge is 0.462 e. The number of phosphoric acid groups is 2. The van der Waals surface area contributed by atoms with Crippen LogP contribution in [0.2, 0.25) is 0 Å². The first-order chi connectivity index (χ1) is 44.7. The Balaban J connectivity index is 5.18. The molecule has 17 nitrogen and oxygen atoms in total. The zero-order valence-corrected chi connectivity index (χ0v) is 60.8. The van der Waals surface area contributed by atoms with Crippen LogP contribution in [0.1, 0.15) is 362 Å². The third kappa shape index (κ3) is 66.2. The van der Waals surface area contributed by atoms with E-state index >= 15 is 0 Å². The van der Waals surface area contributed by atoms with E-state index in [1.54, 1.807) is 0 Å². The van der Waals surface area contributed by atoms with Gasteiger partial charge in [-0.25, -0.2) is 9.13 Å². The molecule has 0 aliphatic rings. The van der Waals surface area contributed by atoms with E-state index in [1.807, 2.05) is 0 Å². The fourth-order valence-electron chi connectivity index (χ4n) is 10.7. The van der Waals surface area contributed by atoms with Crippen molar-refractivity contribution >= 4 is 39.5 Å². The minimum Gasteiger partial charge on any atom is -0.462 e. The molecule has 0 saturated carbocycles. The molecule has 0 aromatic heterocycles. The van der Waals surface area contributed by atoms with Crippen LogP contribution in [0.15, 0.2) is 24.3 Å². The van der Waals surface area contributed by atoms with Gasteiger partial charge in [0, 0.05) is 25.7 Å². The number of rotatable bonds is 72. The van der Waals surface area contributed by atoms with Crippen molar-refractivity contribution < 1.29 is 80.2 Å². The van der Waals surface area contributed by atoms with Crippen LogP contribution in [0.3, 0.4) is 0 Å². The molecule has 0 bridgehead atoms. The third-order valence-electron chi connectivity index (χ3n) is 16.5. The van der Waals surface area contributed by atoms with Crippen LogP contribution in [0.5, 0.6) is 0 Å². The Morgan fingerprint density at radius 2 is 0.522 bits per heavy atom. The summed E-state index contributed by atoms with van der Waals surface area (Å²) in [6, 6.07) is 0. The Kier molecular flexibility index (Phi) is 65.3. The number of phosphoric ester groups is 2. The number of carbonyl (C=O) groups excluding carboxylic acids is 4. The number of carbonyl (C=O) groups is 4. The van der Waals surface area contributed by atoms with E-state index in [-0.39, 0.29) is 25.7 Å². The summed E-state index contributed by atoms with van der Waals surface area (Å²) in [6.07, 6.45) is 59.4. The maximum Gasteiger partial charge on any atom is 0.472 e. The number of esters is 4. The highest BCUT2D eigenvalue weighted by Crippen LogP contribution is 2.45. The minimum atomic E-state index is -4.96. The van der Waals surface area contributed by atoms with E-state index in [1.165, 1.54) is 173 Å². The van der Waals surface area contributed by atoms with E-state index in [9.17, 15) is 43.2 Å². The molecule has 19 heteroatoms. The van der Waals surface area contributed by atoms with Crippen LogP contribution >= 0.6 is 15.6 Å². The summed E-state index contributed by atoms with van der Waals surface area (Å²) in [5.74, 6) is -2.16. The molecule has 0 heterocycles. The van der Waals surface area contributed by atoms with Crippen molar-refractivity contribution in [3.63, 3.8) is 0 Å². The van der Waals surface area contributed by atoms with Crippen molar-refractivity contribution in [1.82, 2.24) is 0 Å². The summed E-state index contributed by atoms with van der Waals surface area (Å²) >= 11 is 0. The van der Waals surface area contributed by atoms with E-state index in [2.05, 4.69) is 52.0 Å². The van der Waals surface area contributed by atoms with Gasteiger partial charge in [-0.05, 0) is 51.4 Å². The van der Waals surface area contributed by atoms with Gasteiger partial charge in [0.15, 0.2) is 12.2 Å². The van der Waals surface area contributed by atoms with Crippen LogP contribution in [0, 0.1) is 0 Å². The Morgan fingerprint density at radius 3 is 0.793 bits per heavy atom. The highest BCUT2D eigenvalue weighted by atomic mass is 31.2. The molecule has 92 heavy (non-hydrogen) atoms. The van der Waals surface area contributed by atoms with Crippen LogP contribution in [-0.2, 0) is 65.4 Å². The molecular formula is C73H138O17P2. The number of aliphatic hydroxyl groups excluding tert-OH is 1. The molecule has 0 aliphatic carbocycles. The molecule has 0 aromatic rings. The molecule has 0 amide bonds. The summed E-state index contributed by atoms with van der Waals surface area (Å²) < 4.78 is 68.2. The van der Waals surface area contributed by atoms with Crippen molar-refractivity contribution in [2.75, 3.05) is 39.6 Å². The summed E-state index contributed by atoms with van der Waals surface area (Å²) in [6.45, 7) is 4.82. The van der Waals surface area contributed by atoms with Crippen molar-refractivity contribution in [3.05, 3.63) is 24.3 Å². The number of aliphatic hydroxyl groups is 1. The number of hydrogen-bond acceptors (Lipinski definition) is 15. The maximum atomic E-state index is 13.0. The van der Waals surface area contributed by atoms with Crippen LogP contribution < -0.4 is 0 Å². The lowest BCUT2D eigenvalue weighted by molar-refractivity contribution is -0.161. The molecule has 0 aliphatic heterocycles. The molecule has 2 unspecified atom stereocenters. The quantitative estimate of drug-likeness (QED) is 0.0169. The van der Waals surface area contributed by atoms with E-state index in [4.69, 9.17) is 37.0 Å². The molecular weight excluding hydrogens is 1210 g/mol. The van der Waals surface area contributed by atoms with Gasteiger partial charge in [-0.2, -0.15) is 0 Å². The lowest BCUT2D eigenvalue weighted by Gasteiger charge is -2.21. The Labute approximate surface area is 561 Å². The zero-order valence-electron chi connectivity index (χ0n) is 59.0. The van der Waals surface area contributed by atoms with Crippen LogP contribution in [0.25, 0.3) is 0 Å². The fraction of sp³-hybridized carbons (Fsp3) is 0.890. The monoisotopic (exact) mass is 1350 g/mol. The van der Waals surface area contributed by atoms with Crippen molar-refractivity contribution in [1.29, 1.82) is 0 Å².